The summed E-state index contributed by atoms with van der Waals surface area (Å²) >= 11 is 7.15. The van der Waals surface area contributed by atoms with E-state index in [2.05, 4.69) is 12.1 Å². The first-order valence-corrected chi connectivity index (χ1v) is 9.03. The molecule has 124 valence electrons. The standard InChI is InChI=1S/C16H24ClNO3S/c1-4-15(18-21-7-5-6-17)16(2,22-3)11-12-8-13(19)10-14(20)9-12/h5-6,10,12,19H,4,7-9,11H2,1-3H3/b6-5+,18-15?. The van der Waals surface area contributed by atoms with Crippen LogP contribution in [-0.4, -0.2) is 34.2 Å². The summed E-state index contributed by atoms with van der Waals surface area (Å²) in [5.41, 5.74) is 2.35. The largest absolute Gasteiger partial charge is 0.512 e. The third-order valence-electron chi connectivity index (χ3n) is 3.82. The van der Waals surface area contributed by atoms with Crippen LogP contribution in [0.2, 0.25) is 0 Å². The van der Waals surface area contributed by atoms with E-state index in [-0.39, 0.29) is 22.2 Å². The minimum atomic E-state index is -0.220. The van der Waals surface area contributed by atoms with Gasteiger partial charge in [-0.3, -0.25) is 4.79 Å². The number of hydrogen-bond donors (Lipinski definition) is 1. The van der Waals surface area contributed by atoms with E-state index in [0.717, 1.165) is 18.6 Å². The molecule has 0 heterocycles. The first-order chi connectivity index (χ1) is 10.4. The van der Waals surface area contributed by atoms with Crippen LogP contribution in [0.25, 0.3) is 0 Å². The van der Waals surface area contributed by atoms with E-state index in [0.29, 0.717) is 19.4 Å². The lowest BCUT2D eigenvalue weighted by atomic mass is 9.82. The smallest absolute Gasteiger partial charge is 0.159 e. The summed E-state index contributed by atoms with van der Waals surface area (Å²) in [6, 6.07) is 0. The zero-order valence-corrected chi connectivity index (χ0v) is 14.9. The van der Waals surface area contributed by atoms with Crippen LogP contribution in [0, 0.1) is 5.92 Å². The van der Waals surface area contributed by atoms with Crippen molar-refractivity contribution >= 4 is 34.9 Å². The molecule has 2 unspecified atom stereocenters. The molecule has 0 saturated carbocycles. The van der Waals surface area contributed by atoms with E-state index in [1.54, 1.807) is 17.8 Å². The fourth-order valence-electron chi connectivity index (χ4n) is 2.70. The van der Waals surface area contributed by atoms with Crippen LogP contribution in [0.1, 0.15) is 39.5 Å². The number of thioether (sulfide) groups is 1. The van der Waals surface area contributed by atoms with Gasteiger partial charge in [0.05, 0.1) is 16.2 Å². The molecule has 0 aromatic rings. The zero-order chi connectivity index (χ0) is 16.6. The molecule has 0 amide bonds. The molecule has 1 N–H and O–H groups in total. The molecule has 6 heteroatoms. The molecule has 4 nitrogen and oxygen atoms in total. The number of oxime groups is 1. The summed E-state index contributed by atoms with van der Waals surface area (Å²) in [4.78, 5) is 16.9. The summed E-state index contributed by atoms with van der Waals surface area (Å²) in [5, 5.41) is 13.9. The molecular formula is C16H24ClNO3S. The molecule has 0 aromatic heterocycles. The van der Waals surface area contributed by atoms with Crippen LogP contribution in [0.3, 0.4) is 0 Å². The van der Waals surface area contributed by atoms with Gasteiger partial charge in [0, 0.05) is 24.5 Å². The van der Waals surface area contributed by atoms with Crippen molar-refractivity contribution in [3.63, 3.8) is 0 Å². The van der Waals surface area contributed by atoms with E-state index in [4.69, 9.17) is 16.4 Å². The fourth-order valence-corrected chi connectivity index (χ4v) is 3.59. The van der Waals surface area contributed by atoms with Crippen molar-refractivity contribution in [1.29, 1.82) is 0 Å². The van der Waals surface area contributed by atoms with Gasteiger partial charge in [-0.05, 0) is 38.0 Å². The number of hydrogen-bond acceptors (Lipinski definition) is 5. The van der Waals surface area contributed by atoms with E-state index in [1.165, 1.54) is 11.6 Å². The van der Waals surface area contributed by atoms with Gasteiger partial charge in [0.25, 0.3) is 0 Å². The van der Waals surface area contributed by atoms with Gasteiger partial charge in [0.2, 0.25) is 0 Å². The number of allylic oxidation sites excluding steroid dienone is 2. The number of nitrogens with zero attached hydrogens (tertiary/aromatic N) is 1. The first-order valence-electron chi connectivity index (χ1n) is 7.37. The van der Waals surface area contributed by atoms with Crippen LogP contribution >= 0.6 is 23.4 Å². The Labute approximate surface area is 141 Å². The average Bonchev–Trinajstić information content (AvgIpc) is 2.46. The SMILES string of the molecule is CCC(=NOC/C=C/Cl)C(C)(CC1CC(=O)C=C(O)C1)SC. The Kier molecular flexibility index (Phi) is 8.04. The van der Waals surface area contributed by atoms with Gasteiger partial charge in [-0.1, -0.05) is 23.7 Å². The Bertz CT molecular complexity index is 476. The maximum absolute atomic E-state index is 11.6. The Hall–Kier alpha value is -0.940. The molecule has 1 aliphatic carbocycles. The second-order valence-electron chi connectivity index (χ2n) is 5.56. The molecule has 22 heavy (non-hydrogen) atoms. The van der Waals surface area contributed by atoms with Crippen molar-refractivity contribution in [3.8, 4) is 0 Å². The predicted molar refractivity (Wildman–Crippen MR) is 93.7 cm³/mol. The number of aliphatic hydroxyl groups is 1. The van der Waals surface area contributed by atoms with E-state index in [1.807, 2.05) is 13.2 Å². The number of carbonyl (C=O) groups excluding carboxylic acids is 1. The Morgan fingerprint density at radius 1 is 1.64 bits per heavy atom. The summed E-state index contributed by atoms with van der Waals surface area (Å²) in [5.74, 6) is 0.313. The quantitative estimate of drug-likeness (QED) is 0.401. The normalized spacial score (nSPS) is 22.5. The molecule has 0 bridgehead atoms. The van der Waals surface area contributed by atoms with Gasteiger partial charge in [-0.15, -0.1) is 0 Å². The highest BCUT2D eigenvalue weighted by atomic mass is 35.5. The summed E-state index contributed by atoms with van der Waals surface area (Å²) < 4.78 is -0.220. The van der Waals surface area contributed by atoms with Crippen LogP contribution in [0.15, 0.2) is 28.6 Å². The number of aliphatic hydroxyl groups excluding tert-OH is 1. The zero-order valence-electron chi connectivity index (χ0n) is 13.3. The van der Waals surface area contributed by atoms with Gasteiger partial charge < -0.3 is 9.94 Å². The van der Waals surface area contributed by atoms with Crippen LogP contribution < -0.4 is 0 Å². The van der Waals surface area contributed by atoms with Crippen molar-refractivity contribution in [2.45, 2.75) is 44.3 Å². The highest BCUT2D eigenvalue weighted by Gasteiger charge is 2.34. The topological polar surface area (TPSA) is 58.9 Å². The van der Waals surface area contributed by atoms with Crippen molar-refractivity contribution in [2.75, 3.05) is 12.9 Å². The minimum Gasteiger partial charge on any atom is -0.512 e. The summed E-state index contributed by atoms with van der Waals surface area (Å²) in [7, 11) is 0. The highest BCUT2D eigenvalue weighted by Crippen LogP contribution is 2.37. The van der Waals surface area contributed by atoms with Gasteiger partial charge in [-0.2, -0.15) is 11.8 Å². The fraction of sp³-hybridized carbons (Fsp3) is 0.625. The third kappa shape index (κ3) is 5.69. The van der Waals surface area contributed by atoms with Crippen LogP contribution in [0.5, 0.6) is 0 Å². The molecule has 0 fully saturated rings. The van der Waals surface area contributed by atoms with Crippen molar-refractivity contribution < 1.29 is 14.7 Å². The molecule has 0 saturated heterocycles. The maximum atomic E-state index is 11.6. The molecule has 1 aliphatic rings. The highest BCUT2D eigenvalue weighted by molar-refractivity contribution is 8.00. The average molecular weight is 346 g/mol. The molecule has 0 spiro atoms. The number of ketones is 1. The first kappa shape index (κ1) is 19.1. The summed E-state index contributed by atoms with van der Waals surface area (Å²) in [6.45, 7) is 4.49. The van der Waals surface area contributed by atoms with Gasteiger partial charge >= 0.3 is 0 Å². The number of rotatable bonds is 8. The summed E-state index contributed by atoms with van der Waals surface area (Å²) in [6.07, 6.45) is 7.62. The second-order valence-corrected chi connectivity index (χ2v) is 7.13. The molecule has 0 aromatic carbocycles. The Morgan fingerprint density at radius 3 is 2.91 bits per heavy atom. The Morgan fingerprint density at radius 2 is 2.36 bits per heavy atom. The van der Waals surface area contributed by atoms with Crippen molar-refractivity contribution in [1.82, 2.24) is 0 Å². The number of halogens is 1. The van der Waals surface area contributed by atoms with Gasteiger partial charge in [-0.25, -0.2) is 0 Å². The minimum absolute atomic E-state index is 0.00399. The van der Waals surface area contributed by atoms with Crippen molar-refractivity contribution in [3.05, 3.63) is 23.4 Å². The monoisotopic (exact) mass is 345 g/mol. The lowest BCUT2D eigenvalue weighted by Gasteiger charge is -2.33. The van der Waals surface area contributed by atoms with Crippen molar-refractivity contribution in [2.24, 2.45) is 11.1 Å². The molecular weight excluding hydrogens is 322 g/mol. The molecule has 1 rings (SSSR count). The van der Waals surface area contributed by atoms with E-state index < -0.39 is 0 Å². The third-order valence-corrected chi connectivity index (χ3v) is 5.31. The molecule has 0 aliphatic heterocycles. The maximum Gasteiger partial charge on any atom is 0.159 e. The lowest BCUT2D eigenvalue weighted by molar-refractivity contribution is -0.116. The number of carbonyl (C=O) groups is 1. The lowest BCUT2D eigenvalue weighted by Crippen LogP contribution is -2.35. The van der Waals surface area contributed by atoms with Crippen LogP contribution in [-0.2, 0) is 9.63 Å². The predicted octanol–water partition coefficient (Wildman–Crippen LogP) is 4.45. The van der Waals surface area contributed by atoms with Gasteiger partial charge in [0.1, 0.15) is 6.61 Å². The second kappa shape index (κ2) is 9.26. The molecule has 0 radical (unpaired) electrons. The van der Waals surface area contributed by atoms with Crippen LogP contribution in [0.4, 0.5) is 0 Å². The Balaban J connectivity index is 2.80. The van der Waals surface area contributed by atoms with Gasteiger partial charge in [0.15, 0.2) is 5.78 Å². The van der Waals surface area contributed by atoms with E-state index in [9.17, 15) is 9.90 Å². The molecule has 2 atom stereocenters. The van der Waals surface area contributed by atoms with E-state index >= 15 is 0 Å².